The van der Waals surface area contributed by atoms with E-state index >= 15 is 0 Å². The van der Waals surface area contributed by atoms with E-state index in [1.807, 2.05) is 62.4 Å². The first-order valence-corrected chi connectivity index (χ1v) is 35.0. The molecular formula is C80H84N4O6S2. The predicted octanol–water partition coefficient (Wildman–Crippen LogP) is 18.6. The van der Waals surface area contributed by atoms with Gasteiger partial charge in [0, 0.05) is 108 Å². The molecule has 0 aromatic heterocycles. The van der Waals surface area contributed by atoms with E-state index in [0.29, 0.717) is 11.1 Å². The van der Waals surface area contributed by atoms with E-state index < -0.39 is 20.2 Å². The summed E-state index contributed by atoms with van der Waals surface area (Å²) in [4.78, 5) is 4.18. The Hall–Kier alpha value is -9.04. The molecule has 0 N–H and O–H groups in total. The highest BCUT2D eigenvalue weighted by Gasteiger charge is 2.27. The van der Waals surface area contributed by atoms with Crippen molar-refractivity contribution < 1.29 is 35.1 Å². The molecule has 92 heavy (non-hydrogen) atoms. The summed E-state index contributed by atoms with van der Waals surface area (Å²) in [6.45, 7) is 20.4. The number of hydrogen-bond donors (Lipinski definition) is 0. The third kappa shape index (κ3) is 15.8. The van der Waals surface area contributed by atoms with Gasteiger partial charge in [0.1, 0.15) is 33.3 Å². The molecule has 0 fully saturated rings. The fourth-order valence-electron chi connectivity index (χ4n) is 12.4. The summed E-state index contributed by atoms with van der Waals surface area (Å²) in [6.07, 6.45) is 18.1. The molecule has 10 nitrogen and oxygen atoms in total. The van der Waals surface area contributed by atoms with Gasteiger partial charge in [-0.25, -0.2) is 16.8 Å². The largest absolute Gasteiger partial charge is 0.744 e. The Labute approximate surface area is 546 Å². The van der Waals surface area contributed by atoms with Crippen molar-refractivity contribution in [2.24, 2.45) is 0 Å². The van der Waals surface area contributed by atoms with Gasteiger partial charge in [-0.2, -0.15) is 9.15 Å². The Morgan fingerprint density at radius 1 is 0.402 bits per heavy atom. The summed E-state index contributed by atoms with van der Waals surface area (Å²) in [5, 5.41) is 0. The molecule has 8 aromatic rings. The zero-order chi connectivity index (χ0) is 65.4. The number of anilines is 4. The summed E-state index contributed by atoms with van der Waals surface area (Å²) in [6, 6.07) is 67.2. The Morgan fingerprint density at radius 3 is 1.24 bits per heavy atom. The van der Waals surface area contributed by atoms with Gasteiger partial charge >= 0.3 is 0 Å². The molecule has 12 heteroatoms. The smallest absolute Gasteiger partial charge is 0.205 e. The van der Waals surface area contributed by atoms with Crippen LogP contribution < -0.4 is 9.80 Å². The van der Waals surface area contributed by atoms with Crippen LogP contribution in [-0.4, -0.2) is 72.7 Å². The first-order valence-electron chi connectivity index (χ1n) is 32.2. The van der Waals surface area contributed by atoms with Crippen LogP contribution in [0.3, 0.4) is 0 Å². The number of rotatable bonds is 22. The van der Waals surface area contributed by atoms with E-state index in [-0.39, 0.29) is 9.79 Å². The molecule has 0 heterocycles. The van der Waals surface area contributed by atoms with Crippen molar-refractivity contribution in [1.82, 2.24) is 0 Å². The lowest BCUT2D eigenvalue weighted by Gasteiger charge is -2.27. The minimum absolute atomic E-state index is 0.207. The molecule has 0 atom stereocenters. The van der Waals surface area contributed by atoms with Gasteiger partial charge in [-0.3, -0.25) is 0 Å². The molecule has 0 unspecified atom stereocenters. The van der Waals surface area contributed by atoms with Crippen LogP contribution in [0, 0.1) is 6.92 Å². The van der Waals surface area contributed by atoms with Crippen LogP contribution in [0.4, 0.5) is 34.1 Å². The number of aryl methyl sites for hydroxylation is 2. The zero-order valence-corrected chi connectivity index (χ0v) is 55.9. The second kappa shape index (κ2) is 31.3. The third-order valence-electron chi connectivity index (χ3n) is 16.6. The van der Waals surface area contributed by atoms with Gasteiger partial charge in [0.25, 0.3) is 0 Å². The quantitative estimate of drug-likeness (QED) is 0.0485. The molecule has 0 saturated heterocycles. The lowest BCUT2D eigenvalue weighted by Crippen LogP contribution is -2.18. The van der Waals surface area contributed by atoms with E-state index in [2.05, 4.69) is 206 Å². The van der Waals surface area contributed by atoms with Crippen molar-refractivity contribution in [2.45, 2.75) is 104 Å². The van der Waals surface area contributed by atoms with Crippen molar-refractivity contribution in [1.29, 1.82) is 0 Å². The van der Waals surface area contributed by atoms with E-state index in [4.69, 9.17) is 0 Å². The molecule has 0 aliphatic heterocycles. The Bertz CT molecular complexity index is 4410. The molecule has 472 valence electrons. The summed E-state index contributed by atoms with van der Waals surface area (Å²) < 4.78 is 80.3. The van der Waals surface area contributed by atoms with E-state index in [1.54, 1.807) is 36.4 Å². The van der Waals surface area contributed by atoms with Gasteiger partial charge in [0.15, 0.2) is 0 Å². The van der Waals surface area contributed by atoms with Gasteiger partial charge < -0.3 is 18.9 Å². The monoisotopic (exact) mass is 1260 g/mol. The average Bonchev–Trinajstić information content (AvgIpc) is 0.782. The van der Waals surface area contributed by atoms with Gasteiger partial charge in [-0.15, -0.1) is 0 Å². The molecule has 2 aliphatic carbocycles. The minimum Gasteiger partial charge on any atom is -0.744 e. The predicted molar refractivity (Wildman–Crippen MR) is 379 cm³/mol. The Balaban J connectivity index is 0.000000218. The fraction of sp³-hybridized carbons (Fsp3) is 0.225. The highest BCUT2D eigenvalue weighted by Crippen LogP contribution is 2.42. The highest BCUT2D eigenvalue weighted by molar-refractivity contribution is 7.86. The van der Waals surface area contributed by atoms with Crippen molar-refractivity contribution in [3.05, 3.63) is 298 Å². The summed E-state index contributed by atoms with van der Waals surface area (Å²) in [5.41, 5.74) is 18.8. The molecule has 2 aliphatic rings. The zero-order valence-electron chi connectivity index (χ0n) is 54.2. The second-order valence-electron chi connectivity index (χ2n) is 23.0. The fourth-order valence-corrected chi connectivity index (χ4v) is 13.7. The second-order valence-corrected chi connectivity index (χ2v) is 25.7. The van der Waals surface area contributed by atoms with Crippen LogP contribution >= 0.6 is 0 Å². The van der Waals surface area contributed by atoms with Crippen LogP contribution in [0.1, 0.15) is 114 Å². The van der Waals surface area contributed by atoms with Crippen LogP contribution in [0.25, 0.3) is 11.1 Å². The lowest BCUT2D eigenvalue weighted by atomic mass is 9.83. The summed E-state index contributed by atoms with van der Waals surface area (Å²) in [7, 11) is -9.49. The van der Waals surface area contributed by atoms with Gasteiger partial charge in [0.2, 0.25) is 22.8 Å². The molecule has 0 radical (unpaired) electrons. The summed E-state index contributed by atoms with van der Waals surface area (Å²) >= 11 is 0. The van der Waals surface area contributed by atoms with E-state index in [0.717, 1.165) is 166 Å². The van der Waals surface area contributed by atoms with Gasteiger partial charge in [-0.1, -0.05) is 163 Å². The summed E-state index contributed by atoms with van der Waals surface area (Å²) in [5.74, 6) is 0. The highest BCUT2D eigenvalue weighted by atomic mass is 32.2. The van der Waals surface area contributed by atoms with Crippen molar-refractivity contribution in [2.75, 3.05) is 36.0 Å². The number of para-hydroxylation sites is 4. The van der Waals surface area contributed by atoms with Gasteiger partial charge in [-0.05, 0) is 168 Å². The third-order valence-corrected chi connectivity index (χ3v) is 18.4. The lowest BCUT2D eigenvalue weighted by molar-refractivity contribution is -0.439. The van der Waals surface area contributed by atoms with E-state index in [9.17, 15) is 25.9 Å². The maximum Gasteiger partial charge on any atom is 0.205 e. The molecule has 0 amide bonds. The Kier molecular flexibility index (Phi) is 22.9. The standard InChI is InChI=1S/C41H44N2O3S.C39H40N2O3S/c1-5-27-42(33-17-11-9-12-18-33)35-23-25-37(31(7-3)29-35)41(39-21-15-16-22-40(39)47(44,45)46)38-26-24-36(30-32(38)8-4)43(28-6-2)34-19-13-10-14-20-34;1-5-25-40(31-15-9-7-10-16-31)33-21-23-35(29(3)27-33)39(37-19-13-14-20-38(37)45(42,43)44)36-24-22-34(28-30(36)4)41(26-6-2)32-17-11-8-12-18-32/h9-26,29-30H,5-8,27-28H2,1-4H3;7-24,27-28H,5-6,25-26H2,1-4H3. The first-order chi connectivity index (χ1) is 44.5. The maximum absolute atomic E-state index is 12.7. The average molecular weight is 1260 g/mol. The topological polar surface area (TPSA) is 127 Å². The molecule has 8 aromatic carbocycles. The van der Waals surface area contributed by atoms with Crippen molar-refractivity contribution in [3.63, 3.8) is 0 Å². The van der Waals surface area contributed by atoms with Crippen LogP contribution in [0.2, 0.25) is 0 Å². The number of hydrogen-bond acceptors (Lipinski definition) is 8. The SMILES string of the molecule is CCCN(c1ccccc1)c1ccc(C(=C2C=CC(=[N+](CCC)c3ccccc3)C=C2C)c2ccccc2S(=O)(=O)[O-])c(C)c1.CCCN(c1ccccc1)c1ccc(C(=C2C=CC(=[N+](CCC)c3ccccc3)C=C2CC)c2ccccc2S(=O)(=O)[O-])c(CC)c1. The number of nitrogens with zero attached hydrogens (tertiary/aromatic N) is 4. The number of benzene rings is 8. The van der Waals surface area contributed by atoms with Crippen molar-refractivity contribution >= 4 is 76.9 Å². The van der Waals surface area contributed by atoms with Crippen molar-refractivity contribution in [3.8, 4) is 0 Å². The van der Waals surface area contributed by atoms with Gasteiger partial charge in [0.05, 0.1) is 9.79 Å². The maximum atomic E-state index is 12.7. The van der Waals surface area contributed by atoms with E-state index in [1.165, 1.54) is 12.1 Å². The normalized spacial score (nSPS) is 15.4. The first kappa shape index (κ1) is 67.4. The molecular weight excluding hydrogens is 1180 g/mol. The van der Waals surface area contributed by atoms with Crippen LogP contribution in [0.5, 0.6) is 0 Å². The minimum atomic E-state index is -4.75. The Morgan fingerprint density at radius 2 is 0.815 bits per heavy atom. The molecule has 0 spiro atoms. The van der Waals surface area contributed by atoms with Crippen LogP contribution in [0.15, 0.2) is 275 Å². The van der Waals surface area contributed by atoms with Crippen LogP contribution in [-0.2, 0) is 26.7 Å². The molecule has 10 rings (SSSR count). The molecule has 0 saturated carbocycles. The number of allylic oxidation sites excluding steroid dienone is 10. The molecule has 0 bridgehead atoms.